The van der Waals surface area contributed by atoms with Gasteiger partial charge >= 0.3 is 0 Å². The molecule has 6 heteroatoms. The number of carbonyl (C=O) groups is 1. The fraction of sp³-hybridized carbons (Fsp3) is 0.350. The number of carbonyl (C=O) groups excluding carboxylic acids is 1. The molecule has 1 aliphatic rings. The molecule has 0 aromatic heterocycles. The maximum absolute atomic E-state index is 12.3. The average molecular weight is 376 g/mol. The van der Waals surface area contributed by atoms with Crippen LogP contribution in [0.5, 0.6) is 0 Å². The minimum atomic E-state index is -2.44. The molecule has 0 unspecified atom stereocenters. The van der Waals surface area contributed by atoms with Gasteiger partial charge in [0.15, 0.2) is 0 Å². The van der Waals surface area contributed by atoms with E-state index < -0.39 is 5.76 Å². The summed E-state index contributed by atoms with van der Waals surface area (Å²) in [7, 11) is 0. The molecule has 138 valence electrons. The maximum atomic E-state index is 12.3. The summed E-state index contributed by atoms with van der Waals surface area (Å²) in [4.78, 5) is 15.0. The van der Waals surface area contributed by atoms with E-state index in [0.717, 1.165) is 18.7 Å². The molecule has 3 rings (SSSR count). The Balaban J connectivity index is 1.52. The molecule has 0 aliphatic carbocycles. The largest absolute Gasteiger partial charge is 0.372 e. The first-order chi connectivity index (χ1) is 12.6. The molecule has 26 heavy (non-hydrogen) atoms. The monoisotopic (exact) mass is 376 g/mol. The Morgan fingerprint density at radius 1 is 1.00 bits per heavy atom. The van der Waals surface area contributed by atoms with Crippen molar-refractivity contribution in [3.8, 4) is 0 Å². The molecule has 2 aromatic rings. The van der Waals surface area contributed by atoms with E-state index in [1.807, 2.05) is 12.1 Å². The van der Waals surface area contributed by atoms with Crippen molar-refractivity contribution in [1.82, 2.24) is 0 Å². The molecule has 1 saturated heterocycles. The number of amides is 1. The van der Waals surface area contributed by atoms with Crippen LogP contribution in [0, 0.1) is 0 Å². The first-order valence-electron chi connectivity index (χ1n) is 8.79. The van der Waals surface area contributed by atoms with Crippen LogP contribution in [0.25, 0.3) is 0 Å². The Hall–Kier alpha value is -2.08. The first kappa shape index (κ1) is 18.7. The molecule has 1 amide bonds. The molecule has 1 N–H and O–H groups in total. The van der Waals surface area contributed by atoms with Crippen LogP contribution in [-0.4, -0.2) is 24.8 Å². The van der Waals surface area contributed by atoms with E-state index in [4.69, 9.17) is 0 Å². The topological polar surface area (TPSA) is 32.3 Å². The van der Waals surface area contributed by atoms with Gasteiger partial charge in [0.2, 0.25) is 5.91 Å². The highest BCUT2D eigenvalue weighted by molar-refractivity contribution is 7.99. The Morgan fingerprint density at radius 2 is 1.65 bits per heavy atom. The minimum absolute atomic E-state index is 0.120. The van der Waals surface area contributed by atoms with Gasteiger partial charge in [-0.25, -0.2) is 0 Å². The first-order valence-corrected chi connectivity index (χ1v) is 9.67. The van der Waals surface area contributed by atoms with Crippen LogP contribution < -0.4 is 10.2 Å². The Morgan fingerprint density at radius 3 is 2.27 bits per heavy atom. The van der Waals surface area contributed by atoms with Crippen molar-refractivity contribution in [2.45, 2.75) is 36.3 Å². The number of piperidine rings is 1. The van der Waals surface area contributed by atoms with E-state index in [1.165, 1.54) is 24.9 Å². The van der Waals surface area contributed by atoms with Crippen molar-refractivity contribution in [3.63, 3.8) is 0 Å². The zero-order valence-electron chi connectivity index (χ0n) is 14.5. The molecule has 0 bridgehead atoms. The number of anilines is 2. The van der Waals surface area contributed by atoms with Crippen molar-refractivity contribution in [3.05, 3.63) is 54.1 Å². The SMILES string of the molecule is O=C(Cc1ccc(N2CCCCC2)cc1)Nc1ccc(SC(F)F)cc1. The van der Waals surface area contributed by atoms with Gasteiger partial charge in [-0.3, -0.25) is 4.79 Å². The van der Waals surface area contributed by atoms with Crippen molar-refractivity contribution >= 4 is 29.0 Å². The number of nitrogens with one attached hydrogen (secondary N) is 1. The van der Waals surface area contributed by atoms with Crippen LogP contribution in [0.15, 0.2) is 53.4 Å². The summed E-state index contributed by atoms with van der Waals surface area (Å²) in [6.45, 7) is 2.19. The predicted molar refractivity (Wildman–Crippen MR) is 103 cm³/mol. The molecule has 2 aromatic carbocycles. The highest BCUT2D eigenvalue weighted by Gasteiger charge is 2.11. The average Bonchev–Trinajstić information content (AvgIpc) is 2.64. The van der Waals surface area contributed by atoms with Gasteiger partial charge in [0, 0.05) is 29.4 Å². The summed E-state index contributed by atoms with van der Waals surface area (Å²) in [5.41, 5.74) is 2.77. The van der Waals surface area contributed by atoms with Gasteiger partial charge < -0.3 is 10.2 Å². The molecular weight excluding hydrogens is 354 g/mol. The summed E-state index contributed by atoms with van der Waals surface area (Å²) in [5, 5.41) is 2.80. The molecule has 1 aliphatic heterocycles. The number of alkyl halides is 2. The zero-order valence-corrected chi connectivity index (χ0v) is 15.3. The number of halogens is 2. The van der Waals surface area contributed by atoms with E-state index in [2.05, 4.69) is 22.3 Å². The third kappa shape index (κ3) is 5.46. The van der Waals surface area contributed by atoms with Crippen molar-refractivity contribution in [1.29, 1.82) is 0 Å². The minimum Gasteiger partial charge on any atom is -0.372 e. The van der Waals surface area contributed by atoms with Gasteiger partial charge in [-0.2, -0.15) is 8.78 Å². The summed E-state index contributed by atoms with van der Waals surface area (Å²) in [6.07, 6.45) is 4.06. The highest BCUT2D eigenvalue weighted by Crippen LogP contribution is 2.26. The van der Waals surface area contributed by atoms with Gasteiger partial charge in [0.1, 0.15) is 0 Å². The normalized spacial score (nSPS) is 14.5. The molecule has 1 fully saturated rings. The lowest BCUT2D eigenvalue weighted by Crippen LogP contribution is -2.29. The van der Waals surface area contributed by atoms with Crippen LogP contribution in [-0.2, 0) is 11.2 Å². The number of hydrogen-bond donors (Lipinski definition) is 1. The van der Waals surface area contributed by atoms with E-state index in [1.54, 1.807) is 24.3 Å². The van der Waals surface area contributed by atoms with E-state index in [9.17, 15) is 13.6 Å². The lowest BCUT2D eigenvalue weighted by atomic mass is 10.1. The quantitative estimate of drug-likeness (QED) is 0.706. The van der Waals surface area contributed by atoms with E-state index in [0.29, 0.717) is 22.3 Å². The van der Waals surface area contributed by atoms with Crippen molar-refractivity contribution < 1.29 is 13.6 Å². The maximum Gasteiger partial charge on any atom is 0.288 e. The molecule has 3 nitrogen and oxygen atoms in total. The number of benzene rings is 2. The number of nitrogens with zero attached hydrogens (tertiary/aromatic N) is 1. The van der Waals surface area contributed by atoms with Gasteiger partial charge in [-0.05, 0) is 61.2 Å². The lowest BCUT2D eigenvalue weighted by molar-refractivity contribution is -0.115. The van der Waals surface area contributed by atoms with Gasteiger partial charge in [-0.15, -0.1) is 0 Å². The molecule has 0 spiro atoms. The molecule has 0 atom stereocenters. The summed E-state index contributed by atoms with van der Waals surface area (Å²) >= 11 is 0.492. The van der Waals surface area contributed by atoms with Crippen LogP contribution in [0.3, 0.4) is 0 Å². The highest BCUT2D eigenvalue weighted by atomic mass is 32.2. The van der Waals surface area contributed by atoms with E-state index >= 15 is 0 Å². The Labute approximate surface area is 156 Å². The molecule has 0 radical (unpaired) electrons. The Bertz CT molecular complexity index is 714. The van der Waals surface area contributed by atoms with Gasteiger partial charge in [0.05, 0.1) is 6.42 Å². The van der Waals surface area contributed by atoms with Gasteiger partial charge in [0.25, 0.3) is 5.76 Å². The van der Waals surface area contributed by atoms with Gasteiger partial charge in [-0.1, -0.05) is 23.9 Å². The second-order valence-electron chi connectivity index (χ2n) is 6.34. The fourth-order valence-corrected chi connectivity index (χ4v) is 3.59. The third-order valence-corrected chi connectivity index (χ3v) is 5.11. The second kappa shape index (κ2) is 9.03. The molecule has 1 heterocycles. The predicted octanol–water partition coefficient (Wildman–Crippen LogP) is 5.17. The van der Waals surface area contributed by atoms with Crippen LogP contribution in [0.1, 0.15) is 24.8 Å². The lowest BCUT2D eigenvalue weighted by Gasteiger charge is -2.28. The number of thioether (sulfide) groups is 1. The second-order valence-corrected chi connectivity index (χ2v) is 7.41. The Kier molecular flexibility index (Phi) is 6.50. The van der Waals surface area contributed by atoms with Crippen LogP contribution >= 0.6 is 11.8 Å². The van der Waals surface area contributed by atoms with Crippen molar-refractivity contribution in [2.24, 2.45) is 0 Å². The zero-order chi connectivity index (χ0) is 18.4. The molecule has 0 saturated carbocycles. The summed E-state index contributed by atoms with van der Waals surface area (Å²) in [6, 6.07) is 14.6. The van der Waals surface area contributed by atoms with Crippen LogP contribution in [0.4, 0.5) is 20.2 Å². The van der Waals surface area contributed by atoms with Crippen molar-refractivity contribution in [2.75, 3.05) is 23.3 Å². The summed E-state index contributed by atoms with van der Waals surface area (Å²) < 4.78 is 24.6. The number of rotatable bonds is 6. The van der Waals surface area contributed by atoms with E-state index in [-0.39, 0.29) is 12.3 Å². The third-order valence-electron chi connectivity index (χ3n) is 4.39. The summed E-state index contributed by atoms with van der Waals surface area (Å²) in [5.74, 6) is -2.56. The molecular formula is C20H22F2N2OS. The fourth-order valence-electron chi connectivity index (χ4n) is 3.09. The smallest absolute Gasteiger partial charge is 0.288 e. The standard InChI is InChI=1S/C20H22F2N2OS/c21-20(22)26-18-10-6-16(7-11-18)23-19(25)14-15-4-8-17(9-5-15)24-12-2-1-3-13-24/h4-11,20H,1-3,12-14H2,(H,23,25). The van der Waals surface area contributed by atoms with Crippen LogP contribution in [0.2, 0.25) is 0 Å². The number of hydrogen-bond acceptors (Lipinski definition) is 3.